The topological polar surface area (TPSA) is 15.3 Å². The van der Waals surface area contributed by atoms with Crippen molar-refractivity contribution in [3.8, 4) is 0 Å². The van der Waals surface area contributed by atoms with Crippen LogP contribution in [0.5, 0.6) is 0 Å². The van der Waals surface area contributed by atoms with Crippen LogP contribution in [0, 0.1) is 9.39 Å². The number of rotatable bonds is 4. The van der Waals surface area contributed by atoms with E-state index in [0.29, 0.717) is 31.7 Å². The number of benzene rings is 1. The van der Waals surface area contributed by atoms with Crippen molar-refractivity contribution in [3.63, 3.8) is 0 Å². The number of halogens is 7. The SMILES string of the molecule is Cl.Cl.Fc1ccc(I)cc1[C@@H](CCC(F)(F)F)N1CCNCC1. The van der Waals surface area contributed by atoms with Gasteiger partial charge in [-0.1, -0.05) is 0 Å². The molecule has 1 saturated heterocycles. The maximum Gasteiger partial charge on any atom is 0.389 e. The second kappa shape index (κ2) is 10.2. The number of piperazine rings is 1. The van der Waals surface area contributed by atoms with E-state index in [4.69, 9.17) is 0 Å². The standard InChI is InChI=1S/C14H17F4IN2.2ClH/c15-12-2-1-10(19)9-11(12)13(3-4-14(16,17)18)21-7-5-20-6-8-21;;/h1-2,9,13,20H,3-8H2;2*1H/t13-;;/m1../s1. The van der Waals surface area contributed by atoms with Gasteiger partial charge in [0.15, 0.2) is 0 Å². The molecular formula is C14H19Cl2F4IN2. The van der Waals surface area contributed by atoms with E-state index in [1.54, 1.807) is 12.1 Å². The van der Waals surface area contributed by atoms with Crippen LogP contribution in [0.3, 0.4) is 0 Å². The molecule has 1 aromatic carbocycles. The zero-order valence-corrected chi connectivity index (χ0v) is 16.0. The molecule has 0 aliphatic carbocycles. The number of nitrogens with one attached hydrogen (secondary N) is 1. The van der Waals surface area contributed by atoms with Crippen LogP contribution in [-0.2, 0) is 0 Å². The van der Waals surface area contributed by atoms with Crippen molar-refractivity contribution < 1.29 is 17.6 Å². The van der Waals surface area contributed by atoms with Crippen molar-refractivity contribution >= 4 is 47.4 Å². The van der Waals surface area contributed by atoms with E-state index in [0.717, 1.165) is 3.57 Å². The van der Waals surface area contributed by atoms with Gasteiger partial charge >= 0.3 is 6.18 Å². The molecule has 2 nitrogen and oxygen atoms in total. The molecule has 0 unspecified atom stereocenters. The quantitative estimate of drug-likeness (QED) is 0.493. The van der Waals surface area contributed by atoms with Gasteiger partial charge in [0, 0.05) is 47.8 Å². The molecule has 2 rings (SSSR count). The van der Waals surface area contributed by atoms with Gasteiger partial charge < -0.3 is 5.32 Å². The summed E-state index contributed by atoms with van der Waals surface area (Å²) in [5.41, 5.74) is 0.369. The Morgan fingerprint density at radius 3 is 2.35 bits per heavy atom. The summed E-state index contributed by atoms with van der Waals surface area (Å²) in [5.74, 6) is -0.430. The summed E-state index contributed by atoms with van der Waals surface area (Å²) >= 11 is 2.05. The summed E-state index contributed by atoms with van der Waals surface area (Å²) in [7, 11) is 0. The number of alkyl halides is 3. The monoisotopic (exact) mass is 488 g/mol. The fraction of sp³-hybridized carbons (Fsp3) is 0.571. The van der Waals surface area contributed by atoms with Gasteiger partial charge in [0.2, 0.25) is 0 Å². The minimum atomic E-state index is -4.22. The van der Waals surface area contributed by atoms with Crippen LogP contribution < -0.4 is 5.32 Å². The largest absolute Gasteiger partial charge is 0.389 e. The van der Waals surface area contributed by atoms with E-state index < -0.39 is 24.5 Å². The Bertz CT molecular complexity index is 482. The average molecular weight is 489 g/mol. The number of nitrogens with zero attached hydrogens (tertiary/aromatic N) is 1. The summed E-state index contributed by atoms with van der Waals surface area (Å²) in [6, 6.07) is 4.08. The van der Waals surface area contributed by atoms with E-state index in [9.17, 15) is 17.6 Å². The first-order chi connectivity index (χ1) is 9.87. The zero-order valence-electron chi connectivity index (χ0n) is 12.2. The average Bonchev–Trinajstić information content (AvgIpc) is 2.43. The van der Waals surface area contributed by atoms with Crippen LogP contribution >= 0.6 is 47.4 Å². The summed E-state index contributed by atoms with van der Waals surface area (Å²) in [6.07, 6.45) is -5.22. The second-order valence-electron chi connectivity index (χ2n) is 5.12. The fourth-order valence-corrected chi connectivity index (χ4v) is 3.11. The van der Waals surface area contributed by atoms with Crippen molar-refractivity contribution in [2.24, 2.45) is 0 Å². The van der Waals surface area contributed by atoms with Crippen molar-refractivity contribution in [3.05, 3.63) is 33.1 Å². The third kappa shape index (κ3) is 7.29. The van der Waals surface area contributed by atoms with Crippen LogP contribution in [0.1, 0.15) is 24.4 Å². The van der Waals surface area contributed by atoms with Gasteiger partial charge in [0.05, 0.1) is 0 Å². The smallest absolute Gasteiger partial charge is 0.314 e. The Morgan fingerprint density at radius 1 is 1.17 bits per heavy atom. The molecular weight excluding hydrogens is 470 g/mol. The van der Waals surface area contributed by atoms with Crippen molar-refractivity contribution in [1.82, 2.24) is 10.2 Å². The number of hydrogen-bond donors (Lipinski definition) is 1. The number of hydrogen-bond acceptors (Lipinski definition) is 2. The van der Waals surface area contributed by atoms with E-state index in [2.05, 4.69) is 27.9 Å². The highest BCUT2D eigenvalue weighted by Crippen LogP contribution is 2.33. The molecule has 0 bridgehead atoms. The highest BCUT2D eigenvalue weighted by Gasteiger charge is 2.32. The molecule has 1 atom stereocenters. The van der Waals surface area contributed by atoms with Crippen LogP contribution in [-0.4, -0.2) is 37.3 Å². The lowest BCUT2D eigenvalue weighted by Crippen LogP contribution is -2.45. The molecule has 0 saturated carbocycles. The minimum Gasteiger partial charge on any atom is -0.314 e. The summed E-state index contributed by atoms with van der Waals surface area (Å²) < 4.78 is 52.6. The first kappa shape index (κ1) is 23.2. The molecule has 1 N–H and O–H groups in total. The summed E-state index contributed by atoms with van der Waals surface area (Å²) in [4.78, 5) is 1.94. The molecule has 0 spiro atoms. The van der Waals surface area contributed by atoms with Gasteiger partial charge in [0.1, 0.15) is 5.82 Å². The lowest BCUT2D eigenvalue weighted by molar-refractivity contribution is -0.138. The Hall–Kier alpha value is 0.170. The Morgan fingerprint density at radius 2 is 1.78 bits per heavy atom. The van der Waals surface area contributed by atoms with Crippen molar-refractivity contribution in [1.29, 1.82) is 0 Å². The van der Waals surface area contributed by atoms with Gasteiger partial charge in [-0.2, -0.15) is 13.2 Å². The van der Waals surface area contributed by atoms with Gasteiger partial charge in [-0.3, -0.25) is 4.90 Å². The second-order valence-corrected chi connectivity index (χ2v) is 6.37. The fourth-order valence-electron chi connectivity index (χ4n) is 2.60. The predicted molar refractivity (Wildman–Crippen MR) is 96.1 cm³/mol. The van der Waals surface area contributed by atoms with E-state index in [1.165, 1.54) is 6.07 Å². The summed E-state index contributed by atoms with van der Waals surface area (Å²) in [5, 5.41) is 3.16. The summed E-state index contributed by atoms with van der Waals surface area (Å²) in [6.45, 7) is 2.70. The molecule has 1 aliphatic heterocycles. The molecule has 0 radical (unpaired) electrons. The van der Waals surface area contributed by atoms with Gasteiger partial charge in [-0.25, -0.2) is 4.39 Å². The highest BCUT2D eigenvalue weighted by atomic mass is 127. The molecule has 1 aliphatic rings. The molecule has 1 aromatic rings. The molecule has 1 fully saturated rings. The van der Waals surface area contributed by atoms with Crippen LogP contribution in [0.2, 0.25) is 0 Å². The predicted octanol–water partition coefficient (Wildman–Crippen LogP) is 4.56. The van der Waals surface area contributed by atoms with E-state index in [-0.39, 0.29) is 31.2 Å². The lowest BCUT2D eigenvalue weighted by atomic mass is 9.98. The van der Waals surface area contributed by atoms with Gasteiger partial charge in [-0.05, 0) is 47.2 Å². The molecule has 23 heavy (non-hydrogen) atoms. The highest BCUT2D eigenvalue weighted by molar-refractivity contribution is 14.1. The zero-order chi connectivity index (χ0) is 15.5. The van der Waals surface area contributed by atoms with E-state index >= 15 is 0 Å². The van der Waals surface area contributed by atoms with Crippen LogP contribution in [0.4, 0.5) is 17.6 Å². The molecule has 134 valence electrons. The van der Waals surface area contributed by atoms with Gasteiger partial charge in [0.25, 0.3) is 0 Å². The Kier molecular flexibility index (Phi) is 10.3. The van der Waals surface area contributed by atoms with Gasteiger partial charge in [-0.15, -0.1) is 24.8 Å². The molecule has 1 heterocycles. The first-order valence-electron chi connectivity index (χ1n) is 6.83. The maximum absolute atomic E-state index is 14.1. The van der Waals surface area contributed by atoms with Crippen LogP contribution in [0.15, 0.2) is 18.2 Å². The minimum absolute atomic E-state index is 0. The maximum atomic E-state index is 14.1. The van der Waals surface area contributed by atoms with Crippen LogP contribution in [0.25, 0.3) is 0 Å². The Labute approximate surface area is 159 Å². The first-order valence-corrected chi connectivity index (χ1v) is 7.91. The third-order valence-corrected chi connectivity index (χ3v) is 4.28. The molecule has 0 aromatic heterocycles. The normalized spacial score (nSPS) is 17.1. The molecule has 0 amide bonds. The van der Waals surface area contributed by atoms with Crippen molar-refractivity contribution in [2.75, 3.05) is 26.2 Å². The lowest BCUT2D eigenvalue weighted by Gasteiger charge is -2.35. The Balaban J connectivity index is 0.00000242. The molecule has 9 heteroatoms. The third-order valence-electron chi connectivity index (χ3n) is 3.61. The van der Waals surface area contributed by atoms with Crippen molar-refractivity contribution in [2.45, 2.75) is 25.1 Å². The van der Waals surface area contributed by atoms with E-state index in [1.807, 2.05) is 4.90 Å².